The fourth-order valence-corrected chi connectivity index (χ4v) is 5.02. The smallest absolute Gasteiger partial charge is 0.205 e. The predicted octanol–water partition coefficient (Wildman–Crippen LogP) is 8.35. The van der Waals surface area contributed by atoms with Crippen LogP contribution in [0.2, 0.25) is 0 Å². The number of hydrogen-bond donors (Lipinski definition) is 0. The monoisotopic (exact) mass is 409 g/mol. The van der Waals surface area contributed by atoms with E-state index in [1.54, 1.807) is 0 Å². The van der Waals surface area contributed by atoms with Crippen molar-refractivity contribution < 1.29 is 4.42 Å². The second-order valence-corrected chi connectivity index (χ2v) is 8.20. The Kier molecular flexibility index (Phi) is 3.58. The Morgan fingerprint density at radius 2 is 0.969 bits per heavy atom. The molecule has 2 heteroatoms. The maximum Gasteiger partial charge on any atom is 0.205 e. The van der Waals surface area contributed by atoms with Crippen LogP contribution in [0.25, 0.3) is 60.6 Å². The quantitative estimate of drug-likeness (QED) is 0.262. The van der Waals surface area contributed by atoms with E-state index in [1.807, 2.05) is 0 Å². The van der Waals surface area contributed by atoms with E-state index in [0.29, 0.717) is 0 Å². The van der Waals surface area contributed by atoms with Gasteiger partial charge in [0.2, 0.25) is 5.88 Å². The third kappa shape index (κ3) is 2.41. The van der Waals surface area contributed by atoms with Gasteiger partial charge >= 0.3 is 0 Å². The minimum absolute atomic E-state index is 0.828. The number of hydrogen-bond acceptors (Lipinski definition) is 1. The van der Waals surface area contributed by atoms with E-state index in [2.05, 4.69) is 120 Å². The van der Waals surface area contributed by atoms with Crippen molar-refractivity contribution >= 4 is 43.4 Å². The summed E-state index contributed by atoms with van der Waals surface area (Å²) in [6.45, 7) is 0. The molecule has 0 amide bonds. The molecule has 0 N–H and O–H groups in total. The average molecular weight is 409 g/mol. The van der Waals surface area contributed by atoms with Gasteiger partial charge in [0.15, 0.2) is 0 Å². The van der Waals surface area contributed by atoms with Crippen LogP contribution in [0.3, 0.4) is 0 Å². The fourth-order valence-electron chi connectivity index (χ4n) is 5.02. The molecule has 0 aliphatic rings. The van der Waals surface area contributed by atoms with E-state index in [4.69, 9.17) is 4.42 Å². The number of rotatable bonds is 2. The van der Waals surface area contributed by atoms with Crippen LogP contribution in [0.15, 0.2) is 120 Å². The molecule has 0 aliphatic heterocycles. The highest BCUT2D eigenvalue weighted by molar-refractivity contribution is 6.12. The number of aromatic nitrogens is 1. The number of para-hydroxylation sites is 2. The van der Waals surface area contributed by atoms with Crippen molar-refractivity contribution in [2.24, 2.45) is 0 Å². The number of benzene rings is 5. The summed E-state index contributed by atoms with van der Waals surface area (Å²) in [5.41, 5.74) is 3.44. The third-order valence-electron chi connectivity index (χ3n) is 6.41. The average Bonchev–Trinajstić information content (AvgIpc) is 3.45. The normalized spacial score (nSPS) is 11.8. The molecule has 0 aliphatic carbocycles. The maximum atomic E-state index is 6.61. The zero-order chi connectivity index (χ0) is 21.1. The Balaban J connectivity index is 1.54. The van der Waals surface area contributed by atoms with Crippen molar-refractivity contribution in [1.29, 1.82) is 0 Å². The van der Waals surface area contributed by atoms with E-state index < -0.39 is 0 Å². The summed E-state index contributed by atoms with van der Waals surface area (Å²) >= 11 is 0. The van der Waals surface area contributed by atoms with Crippen molar-refractivity contribution in [1.82, 2.24) is 4.57 Å². The standard InChI is InChI=1S/C30H19NO/c1-3-11-22-20(9-1)19-21-10-2-4-12-23(21)30(22)28-17-18-29(32-28)31-26-15-7-5-13-24(26)25-14-6-8-16-27(25)31/h1-19H. The van der Waals surface area contributed by atoms with Crippen LogP contribution in [-0.4, -0.2) is 4.57 Å². The Morgan fingerprint density at radius 1 is 0.469 bits per heavy atom. The molecule has 0 spiro atoms. The minimum atomic E-state index is 0.828. The summed E-state index contributed by atoms with van der Waals surface area (Å²) in [5, 5.41) is 7.31. The Morgan fingerprint density at radius 3 is 1.56 bits per heavy atom. The van der Waals surface area contributed by atoms with Crippen LogP contribution < -0.4 is 0 Å². The second-order valence-electron chi connectivity index (χ2n) is 8.20. The second kappa shape index (κ2) is 6.60. The number of furan rings is 1. The minimum Gasteiger partial charge on any atom is -0.440 e. The molecule has 5 aromatic carbocycles. The van der Waals surface area contributed by atoms with Gasteiger partial charge in [0.1, 0.15) is 5.76 Å². The zero-order valence-corrected chi connectivity index (χ0v) is 17.3. The van der Waals surface area contributed by atoms with Gasteiger partial charge in [-0.05, 0) is 45.8 Å². The zero-order valence-electron chi connectivity index (χ0n) is 17.3. The highest BCUT2D eigenvalue weighted by atomic mass is 16.4. The molecule has 2 heterocycles. The first kappa shape index (κ1) is 17.4. The molecule has 0 fully saturated rings. The molecule has 0 saturated heterocycles. The molecule has 0 radical (unpaired) electrons. The molecule has 0 atom stereocenters. The highest BCUT2D eigenvalue weighted by Gasteiger charge is 2.17. The Labute approximate surface area is 184 Å². The van der Waals surface area contributed by atoms with Gasteiger partial charge < -0.3 is 4.42 Å². The van der Waals surface area contributed by atoms with E-state index in [0.717, 1.165) is 28.2 Å². The predicted molar refractivity (Wildman–Crippen MR) is 133 cm³/mol. The summed E-state index contributed by atoms with van der Waals surface area (Å²) in [4.78, 5) is 0. The van der Waals surface area contributed by atoms with Crippen molar-refractivity contribution in [3.63, 3.8) is 0 Å². The molecular weight excluding hydrogens is 390 g/mol. The molecule has 32 heavy (non-hydrogen) atoms. The summed E-state index contributed by atoms with van der Waals surface area (Å²) in [6.07, 6.45) is 0. The molecule has 150 valence electrons. The van der Waals surface area contributed by atoms with E-state index in [9.17, 15) is 0 Å². The van der Waals surface area contributed by atoms with Crippen molar-refractivity contribution in [3.05, 3.63) is 115 Å². The Bertz CT molecular complexity index is 1680. The van der Waals surface area contributed by atoms with Gasteiger partial charge in [-0.3, -0.25) is 4.57 Å². The van der Waals surface area contributed by atoms with Crippen LogP contribution in [0.1, 0.15) is 0 Å². The molecular formula is C30H19NO. The van der Waals surface area contributed by atoms with Crippen molar-refractivity contribution in [2.45, 2.75) is 0 Å². The fraction of sp³-hybridized carbons (Fsp3) is 0. The molecule has 2 nitrogen and oxygen atoms in total. The molecule has 2 aromatic heterocycles. The summed E-state index contributed by atoms with van der Waals surface area (Å²) < 4.78 is 8.83. The van der Waals surface area contributed by atoms with Gasteiger partial charge in [0, 0.05) is 22.4 Å². The SMILES string of the molecule is c1ccc2c(-c3ccc(-n4c5ccccc5c5ccccc54)o3)c3ccccc3cc2c1. The van der Waals surface area contributed by atoms with Gasteiger partial charge in [-0.2, -0.15) is 0 Å². The van der Waals surface area contributed by atoms with Crippen LogP contribution in [0.4, 0.5) is 0 Å². The van der Waals surface area contributed by atoms with E-state index in [1.165, 1.54) is 32.3 Å². The largest absolute Gasteiger partial charge is 0.440 e. The third-order valence-corrected chi connectivity index (χ3v) is 6.41. The molecule has 0 saturated carbocycles. The van der Waals surface area contributed by atoms with E-state index >= 15 is 0 Å². The van der Waals surface area contributed by atoms with Gasteiger partial charge in [0.25, 0.3) is 0 Å². The molecule has 7 rings (SSSR count). The molecule has 0 bridgehead atoms. The van der Waals surface area contributed by atoms with Gasteiger partial charge in [-0.1, -0.05) is 84.9 Å². The van der Waals surface area contributed by atoms with Gasteiger partial charge in [0.05, 0.1) is 11.0 Å². The summed E-state index contributed by atoms with van der Waals surface area (Å²) in [5.74, 6) is 1.71. The van der Waals surface area contributed by atoms with Crippen molar-refractivity contribution in [2.75, 3.05) is 0 Å². The first-order valence-electron chi connectivity index (χ1n) is 10.9. The highest BCUT2D eigenvalue weighted by Crippen LogP contribution is 2.39. The van der Waals surface area contributed by atoms with Crippen LogP contribution >= 0.6 is 0 Å². The van der Waals surface area contributed by atoms with Gasteiger partial charge in [-0.25, -0.2) is 0 Å². The summed E-state index contributed by atoms with van der Waals surface area (Å²) in [7, 11) is 0. The van der Waals surface area contributed by atoms with E-state index in [-0.39, 0.29) is 0 Å². The van der Waals surface area contributed by atoms with Crippen molar-refractivity contribution in [3.8, 4) is 17.2 Å². The lowest BCUT2D eigenvalue weighted by Gasteiger charge is -2.10. The lowest BCUT2D eigenvalue weighted by atomic mass is 9.95. The summed E-state index contributed by atoms with van der Waals surface area (Å²) in [6, 6.07) is 40.5. The number of fused-ring (bicyclic) bond motifs is 5. The van der Waals surface area contributed by atoms with Crippen LogP contribution in [0, 0.1) is 0 Å². The first-order chi connectivity index (χ1) is 15.9. The van der Waals surface area contributed by atoms with Crippen LogP contribution in [0.5, 0.6) is 0 Å². The maximum absolute atomic E-state index is 6.61. The van der Waals surface area contributed by atoms with Gasteiger partial charge in [-0.15, -0.1) is 0 Å². The lowest BCUT2D eigenvalue weighted by Crippen LogP contribution is -1.90. The number of nitrogens with zero attached hydrogens (tertiary/aromatic N) is 1. The topological polar surface area (TPSA) is 18.1 Å². The van der Waals surface area contributed by atoms with Crippen LogP contribution in [-0.2, 0) is 0 Å². The lowest BCUT2D eigenvalue weighted by molar-refractivity contribution is 0.561. The molecule has 7 aromatic rings. The first-order valence-corrected chi connectivity index (χ1v) is 10.9. The molecule has 0 unspecified atom stereocenters. The Hall–Kier alpha value is -4.30.